The highest BCUT2D eigenvalue weighted by atomic mass is 16.5. The van der Waals surface area contributed by atoms with Crippen molar-refractivity contribution in [3.8, 4) is 0 Å². The summed E-state index contributed by atoms with van der Waals surface area (Å²) >= 11 is 0. The first kappa shape index (κ1) is 6.08. The van der Waals surface area contributed by atoms with Gasteiger partial charge in [0.2, 0.25) is 0 Å². The Morgan fingerprint density at radius 1 is 1.86 bits per heavy atom. The lowest BCUT2D eigenvalue weighted by Gasteiger charge is -1.91. The van der Waals surface area contributed by atoms with Crippen LogP contribution in [0.3, 0.4) is 0 Å². The van der Waals surface area contributed by atoms with Crippen molar-refractivity contribution in [2.75, 3.05) is 7.11 Å². The minimum atomic E-state index is 0.572. The summed E-state index contributed by atoms with van der Waals surface area (Å²) in [6, 6.07) is 0. The molecule has 0 amide bonds. The molecule has 0 bridgehead atoms. The van der Waals surface area contributed by atoms with E-state index in [0.29, 0.717) is 5.76 Å². The lowest BCUT2D eigenvalue weighted by Crippen LogP contribution is -1.81. The highest BCUT2D eigenvalue weighted by Crippen LogP contribution is 1.87. The zero-order valence-corrected chi connectivity index (χ0v) is 4.35. The van der Waals surface area contributed by atoms with Gasteiger partial charge in [0.1, 0.15) is 5.76 Å². The number of hydrogen-bond donors (Lipinski definition) is 1. The molecule has 0 heterocycles. The summed E-state index contributed by atoms with van der Waals surface area (Å²) in [5.41, 5.74) is 4.98. The minimum absolute atomic E-state index is 0.572. The molecule has 2 heteroatoms. The van der Waals surface area contributed by atoms with Gasteiger partial charge in [-0.1, -0.05) is 6.58 Å². The molecule has 0 radical (unpaired) electrons. The van der Waals surface area contributed by atoms with Gasteiger partial charge >= 0.3 is 0 Å². The van der Waals surface area contributed by atoms with Gasteiger partial charge in [-0.15, -0.1) is 0 Å². The van der Waals surface area contributed by atoms with Gasteiger partial charge in [-0.2, -0.15) is 0 Å². The molecule has 0 rings (SSSR count). The lowest BCUT2D eigenvalue weighted by atomic mass is 10.5. The zero-order valence-electron chi connectivity index (χ0n) is 4.35. The van der Waals surface area contributed by atoms with E-state index in [1.165, 1.54) is 6.20 Å². The predicted molar refractivity (Wildman–Crippen MR) is 29.5 cm³/mol. The van der Waals surface area contributed by atoms with Crippen LogP contribution in [0.5, 0.6) is 0 Å². The Hall–Kier alpha value is -0.920. The van der Waals surface area contributed by atoms with Crippen LogP contribution in [0.15, 0.2) is 24.6 Å². The first-order chi connectivity index (χ1) is 3.31. The number of allylic oxidation sites excluding steroid dienone is 1. The van der Waals surface area contributed by atoms with Crippen molar-refractivity contribution in [3.63, 3.8) is 0 Å². The standard InChI is InChI=1S/C5H9NO/c1-5(7-2)3-4-6/h3-4H,1,6H2,2H3/b4-3+. The summed E-state index contributed by atoms with van der Waals surface area (Å²) in [6.45, 7) is 3.47. The van der Waals surface area contributed by atoms with Crippen molar-refractivity contribution in [1.29, 1.82) is 0 Å². The third-order valence-electron chi connectivity index (χ3n) is 0.544. The van der Waals surface area contributed by atoms with Crippen LogP contribution >= 0.6 is 0 Å². The molecule has 0 spiro atoms. The zero-order chi connectivity index (χ0) is 5.70. The Kier molecular flexibility index (Phi) is 2.85. The highest BCUT2D eigenvalue weighted by Gasteiger charge is 1.74. The van der Waals surface area contributed by atoms with Crippen LogP contribution < -0.4 is 5.73 Å². The number of ether oxygens (including phenoxy) is 1. The van der Waals surface area contributed by atoms with Crippen LogP contribution in [0.2, 0.25) is 0 Å². The fourth-order valence-corrected chi connectivity index (χ4v) is 0.175. The summed E-state index contributed by atoms with van der Waals surface area (Å²) < 4.78 is 4.63. The van der Waals surface area contributed by atoms with E-state index < -0.39 is 0 Å². The molecule has 0 aliphatic carbocycles. The largest absolute Gasteiger partial charge is 0.497 e. The summed E-state index contributed by atoms with van der Waals surface area (Å²) in [7, 11) is 1.54. The van der Waals surface area contributed by atoms with Crippen LogP contribution in [0.4, 0.5) is 0 Å². The SMILES string of the molecule is C=C(/C=C/N)OC. The van der Waals surface area contributed by atoms with Crippen LogP contribution in [0.25, 0.3) is 0 Å². The van der Waals surface area contributed by atoms with Crippen LogP contribution in [-0.4, -0.2) is 7.11 Å². The molecule has 0 saturated carbocycles. The van der Waals surface area contributed by atoms with E-state index in [2.05, 4.69) is 11.3 Å². The van der Waals surface area contributed by atoms with Gasteiger partial charge in [-0.3, -0.25) is 0 Å². The summed E-state index contributed by atoms with van der Waals surface area (Å²) in [5.74, 6) is 0.572. The molecule has 0 saturated heterocycles. The second-order valence-electron chi connectivity index (χ2n) is 1.03. The number of rotatable bonds is 2. The minimum Gasteiger partial charge on any atom is -0.497 e. The van der Waals surface area contributed by atoms with Crippen molar-refractivity contribution in [2.45, 2.75) is 0 Å². The second kappa shape index (κ2) is 3.28. The van der Waals surface area contributed by atoms with Crippen molar-refractivity contribution in [1.82, 2.24) is 0 Å². The molecule has 0 atom stereocenters. The Morgan fingerprint density at radius 2 is 2.43 bits per heavy atom. The monoisotopic (exact) mass is 99.1 g/mol. The quantitative estimate of drug-likeness (QED) is 0.407. The Balaban J connectivity index is 3.37. The smallest absolute Gasteiger partial charge is 0.113 e. The van der Waals surface area contributed by atoms with E-state index >= 15 is 0 Å². The van der Waals surface area contributed by atoms with E-state index in [4.69, 9.17) is 5.73 Å². The van der Waals surface area contributed by atoms with Crippen LogP contribution in [0, 0.1) is 0 Å². The van der Waals surface area contributed by atoms with Crippen molar-refractivity contribution in [3.05, 3.63) is 24.6 Å². The molecule has 0 unspecified atom stereocenters. The van der Waals surface area contributed by atoms with E-state index in [0.717, 1.165) is 0 Å². The van der Waals surface area contributed by atoms with E-state index in [-0.39, 0.29) is 0 Å². The molecule has 0 fully saturated rings. The molecule has 0 aromatic rings. The number of hydrogen-bond acceptors (Lipinski definition) is 2. The van der Waals surface area contributed by atoms with Gasteiger partial charge in [0, 0.05) is 0 Å². The van der Waals surface area contributed by atoms with Crippen molar-refractivity contribution >= 4 is 0 Å². The van der Waals surface area contributed by atoms with Crippen LogP contribution in [0.1, 0.15) is 0 Å². The van der Waals surface area contributed by atoms with E-state index in [9.17, 15) is 0 Å². The number of nitrogens with two attached hydrogens (primary N) is 1. The summed E-state index contributed by atoms with van der Waals surface area (Å²) in [5, 5.41) is 0. The predicted octanol–water partition coefficient (Wildman–Crippen LogP) is 0.619. The third kappa shape index (κ3) is 2.89. The molecular weight excluding hydrogens is 90.1 g/mol. The first-order valence-electron chi connectivity index (χ1n) is 1.92. The van der Waals surface area contributed by atoms with Gasteiger partial charge in [0.15, 0.2) is 0 Å². The van der Waals surface area contributed by atoms with Gasteiger partial charge in [0.05, 0.1) is 7.11 Å². The second-order valence-corrected chi connectivity index (χ2v) is 1.03. The average Bonchev–Trinajstić information content (AvgIpc) is 1.68. The van der Waals surface area contributed by atoms with Gasteiger partial charge < -0.3 is 10.5 Å². The topological polar surface area (TPSA) is 35.2 Å². The molecule has 40 valence electrons. The number of methoxy groups -OCH3 is 1. The van der Waals surface area contributed by atoms with Crippen LogP contribution in [-0.2, 0) is 4.74 Å². The third-order valence-corrected chi connectivity index (χ3v) is 0.544. The molecular formula is C5H9NO. The first-order valence-corrected chi connectivity index (χ1v) is 1.92. The maximum atomic E-state index is 4.98. The highest BCUT2D eigenvalue weighted by molar-refractivity contribution is 5.04. The molecule has 0 aliphatic heterocycles. The van der Waals surface area contributed by atoms with Gasteiger partial charge in [-0.25, -0.2) is 0 Å². The Morgan fingerprint density at radius 3 is 2.57 bits per heavy atom. The molecule has 2 N–H and O–H groups in total. The maximum absolute atomic E-state index is 4.98. The van der Waals surface area contributed by atoms with Crippen molar-refractivity contribution in [2.24, 2.45) is 5.73 Å². The molecule has 0 aliphatic rings. The summed E-state index contributed by atoms with van der Waals surface area (Å²) in [4.78, 5) is 0. The summed E-state index contributed by atoms with van der Waals surface area (Å²) in [6.07, 6.45) is 2.96. The fraction of sp³-hybridized carbons (Fsp3) is 0.200. The van der Waals surface area contributed by atoms with E-state index in [1.807, 2.05) is 0 Å². The molecule has 2 nitrogen and oxygen atoms in total. The normalized spacial score (nSPS) is 9.29. The van der Waals surface area contributed by atoms with Gasteiger partial charge in [0.25, 0.3) is 0 Å². The Labute approximate surface area is 43.3 Å². The molecule has 7 heavy (non-hydrogen) atoms. The molecule has 0 aromatic carbocycles. The maximum Gasteiger partial charge on any atom is 0.113 e. The molecule has 0 aromatic heterocycles. The van der Waals surface area contributed by atoms with Crippen molar-refractivity contribution < 1.29 is 4.74 Å². The van der Waals surface area contributed by atoms with E-state index in [1.54, 1.807) is 13.2 Å². The fourth-order valence-electron chi connectivity index (χ4n) is 0.175. The Bertz CT molecular complexity index is 86.1. The van der Waals surface area contributed by atoms with Gasteiger partial charge in [-0.05, 0) is 12.3 Å². The average molecular weight is 99.1 g/mol. The lowest BCUT2D eigenvalue weighted by molar-refractivity contribution is 0.308.